The Balaban J connectivity index is 2.45. The SMILES string of the molecule is CS(=O)(=O)CCCC1(CN)CCCCCC1. The van der Waals surface area contributed by atoms with Gasteiger partial charge >= 0.3 is 0 Å². The van der Waals surface area contributed by atoms with Gasteiger partial charge in [0.15, 0.2) is 0 Å². The van der Waals surface area contributed by atoms with E-state index < -0.39 is 9.84 Å². The van der Waals surface area contributed by atoms with Gasteiger partial charge in [-0.2, -0.15) is 0 Å². The molecule has 0 aromatic rings. The lowest BCUT2D eigenvalue weighted by Gasteiger charge is -2.31. The summed E-state index contributed by atoms with van der Waals surface area (Å²) >= 11 is 0. The first-order valence-electron chi connectivity index (χ1n) is 6.35. The minimum absolute atomic E-state index is 0.237. The van der Waals surface area contributed by atoms with E-state index in [4.69, 9.17) is 5.73 Å². The minimum Gasteiger partial charge on any atom is -0.330 e. The Labute approximate surface area is 99.7 Å². The molecule has 0 aromatic heterocycles. The van der Waals surface area contributed by atoms with E-state index in [9.17, 15) is 8.42 Å². The fourth-order valence-corrected chi connectivity index (χ4v) is 3.41. The Kier molecular flexibility index (Phi) is 5.25. The van der Waals surface area contributed by atoms with Crippen LogP contribution in [-0.2, 0) is 9.84 Å². The van der Waals surface area contributed by atoms with Crippen molar-refractivity contribution in [1.29, 1.82) is 0 Å². The maximum Gasteiger partial charge on any atom is 0.147 e. The molecule has 1 fully saturated rings. The summed E-state index contributed by atoms with van der Waals surface area (Å²) in [6, 6.07) is 0. The number of nitrogens with two attached hydrogens (primary N) is 1. The largest absolute Gasteiger partial charge is 0.330 e. The van der Waals surface area contributed by atoms with Crippen LogP contribution in [0.1, 0.15) is 51.4 Å². The fourth-order valence-electron chi connectivity index (χ4n) is 2.74. The van der Waals surface area contributed by atoms with Gasteiger partial charge in [-0.3, -0.25) is 0 Å². The number of sulfone groups is 1. The first-order chi connectivity index (χ1) is 7.47. The van der Waals surface area contributed by atoms with E-state index in [0.717, 1.165) is 19.4 Å². The zero-order valence-electron chi connectivity index (χ0n) is 10.4. The van der Waals surface area contributed by atoms with Gasteiger partial charge in [0.05, 0.1) is 0 Å². The molecule has 4 heteroatoms. The quantitative estimate of drug-likeness (QED) is 0.757. The summed E-state index contributed by atoms with van der Waals surface area (Å²) in [5.74, 6) is 0.314. The predicted octanol–water partition coefficient (Wildman–Crippen LogP) is 2.11. The lowest BCUT2D eigenvalue weighted by atomic mass is 9.77. The lowest BCUT2D eigenvalue weighted by Crippen LogP contribution is -2.30. The third-order valence-electron chi connectivity index (χ3n) is 3.82. The zero-order valence-corrected chi connectivity index (χ0v) is 11.2. The van der Waals surface area contributed by atoms with Gasteiger partial charge in [-0.25, -0.2) is 8.42 Å². The van der Waals surface area contributed by atoms with Crippen LogP contribution < -0.4 is 5.73 Å². The number of rotatable bonds is 5. The summed E-state index contributed by atoms with van der Waals surface area (Å²) in [6.07, 6.45) is 10.6. The monoisotopic (exact) mass is 247 g/mol. The summed E-state index contributed by atoms with van der Waals surface area (Å²) in [7, 11) is -2.81. The van der Waals surface area contributed by atoms with Crippen LogP contribution in [0.2, 0.25) is 0 Å². The number of hydrogen-bond acceptors (Lipinski definition) is 3. The highest BCUT2D eigenvalue weighted by molar-refractivity contribution is 7.90. The molecular weight excluding hydrogens is 222 g/mol. The molecule has 0 atom stereocenters. The maximum atomic E-state index is 11.1. The molecule has 0 radical (unpaired) electrons. The van der Waals surface area contributed by atoms with E-state index in [1.165, 1.54) is 44.8 Å². The average molecular weight is 247 g/mol. The Morgan fingerprint density at radius 1 is 1.12 bits per heavy atom. The van der Waals surface area contributed by atoms with Gasteiger partial charge in [-0.1, -0.05) is 25.7 Å². The minimum atomic E-state index is -2.81. The van der Waals surface area contributed by atoms with Gasteiger partial charge < -0.3 is 5.73 Å². The second-order valence-electron chi connectivity index (χ2n) is 5.35. The maximum absolute atomic E-state index is 11.1. The standard InChI is InChI=1S/C12H25NO2S/c1-16(14,15)10-6-9-12(11-13)7-4-2-3-5-8-12/h2-11,13H2,1H3. The van der Waals surface area contributed by atoms with Gasteiger partial charge in [-0.05, 0) is 37.6 Å². The molecule has 0 bridgehead atoms. The van der Waals surface area contributed by atoms with Crippen LogP contribution in [0.5, 0.6) is 0 Å². The molecule has 1 aliphatic carbocycles. The van der Waals surface area contributed by atoms with Crippen molar-refractivity contribution in [2.45, 2.75) is 51.4 Å². The van der Waals surface area contributed by atoms with E-state index in [1.54, 1.807) is 0 Å². The van der Waals surface area contributed by atoms with E-state index in [0.29, 0.717) is 5.75 Å². The molecule has 0 aliphatic heterocycles. The first kappa shape index (κ1) is 14.0. The van der Waals surface area contributed by atoms with Gasteiger partial charge in [0, 0.05) is 12.0 Å². The van der Waals surface area contributed by atoms with Crippen molar-refractivity contribution in [3.05, 3.63) is 0 Å². The van der Waals surface area contributed by atoms with E-state index in [2.05, 4.69) is 0 Å². The van der Waals surface area contributed by atoms with Gasteiger partial charge in [0.1, 0.15) is 9.84 Å². The van der Waals surface area contributed by atoms with Crippen molar-refractivity contribution in [1.82, 2.24) is 0 Å². The Morgan fingerprint density at radius 2 is 1.69 bits per heavy atom. The van der Waals surface area contributed by atoms with Crippen molar-refractivity contribution >= 4 is 9.84 Å². The molecule has 3 nitrogen and oxygen atoms in total. The van der Waals surface area contributed by atoms with Crippen molar-refractivity contribution in [2.24, 2.45) is 11.1 Å². The Hall–Kier alpha value is -0.0900. The Morgan fingerprint density at radius 3 is 2.12 bits per heavy atom. The van der Waals surface area contributed by atoms with Crippen molar-refractivity contribution in [3.63, 3.8) is 0 Å². The fraction of sp³-hybridized carbons (Fsp3) is 1.00. The third kappa shape index (κ3) is 4.83. The smallest absolute Gasteiger partial charge is 0.147 e. The van der Waals surface area contributed by atoms with Crippen molar-refractivity contribution < 1.29 is 8.42 Å². The lowest BCUT2D eigenvalue weighted by molar-refractivity contribution is 0.231. The average Bonchev–Trinajstić information content (AvgIpc) is 2.42. The highest BCUT2D eigenvalue weighted by Crippen LogP contribution is 2.38. The highest BCUT2D eigenvalue weighted by Gasteiger charge is 2.29. The summed E-state index contributed by atoms with van der Waals surface area (Å²) in [5.41, 5.74) is 6.15. The predicted molar refractivity (Wildman–Crippen MR) is 68.1 cm³/mol. The van der Waals surface area contributed by atoms with Crippen LogP contribution in [0.25, 0.3) is 0 Å². The van der Waals surface area contributed by atoms with E-state index in [-0.39, 0.29) is 5.41 Å². The van der Waals surface area contributed by atoms with E-state index >= 15 is 0 Å². The van der Waals surface area contributed by atoms with Gasteiger partial charge in [-0.15, -0.1) is 0 Å². The van der Waals surface area contributed by atoms with Crippen LogP contribution >= 0.6 is 0 Å². The summed E-state index contributed by atoms with van der Waals surface area (Å²) < 4.78 is 22.2. The van der Waals surface area contributed by atoms with Gasteiger partial charge in [0.2, 0.25) is 0 Å². The molecule has 0 amide bonds. The van der Waals surface area contributed by atoms with Crippen LogP contribution in [-0.4, -0.2) is 27.0 Å². The molecule has 96 valence electrons. The number of hydrogen-bond donors (Lipinski definition) is 1. The van der Waals surface area contributed by atoms with Gasteiger partial charge in [0.25, 0.3) is 0 Å². The molecule has 16 heavy (non-hydrogen) atoms. The zero-order chi connectivity index (χ0) is 12.1. The molecule has 2 N–H and O–H groups in total. The normalized spacial score (nSPS) is 21.6. The molecular formula is C12H25NO2S. The molecule has 0 spiro atoms. The van der Waals surface area contributed by atoms with E-state index in [1.807, 2.05) is 0 Å². The molecule has 1 rings (SSSR count). The molecule has 1 saturated carbocycles. The first-order valence-corrected chi connectivity index (χ1v) is 8.41. The van der Waals surface area contributed by atoms with Crippen LogP contribution in [0, 0.1) is 5.41 Å². The highest BCUT2D eigenvalue weighted by atomic mass is 32.2. The topological polar surface area (TPSA) is 60.2 Å². The Bertz CT molecular complexity index is 290. The molecule has 0 unspecified atom stereocenters. The second-order valence-corrected chi connectivity index (χ2v) is 7.61. The van der Waals surface area contributed by atoms with Crippen LogP contribution in [0.4, 0.5) is 0 Å². The summed E-state index contributed by atoms with van der Waals surface area (Å²) in [4.78, 5) is 0. The molecule has 0 aromatic carbocycles. The molecule has 0 saturated heterocycles. The third-order valence-corrected chi connectivity index (χ3v) is 4.85. The van der Waals surface area contributed by atoms with Crippen LogP contribution in [0.3, 0.4) is 0 Å². The molecule has 0 heterocycles. The van der Waals surface area contributed by atoms with Crippen molar-refractivity contribution in [3.8, 4) is 0 Å². The van der Waals surface area contributed by atoms with Crippen LogP contribution in [0.15, 0.2) is 0 Å². The summed E-state index contributed by atoms with van der Waals surface area (Å²) in [5, 5.41) is 0. The molecule has 1 aliphatic rings. The van der Waals surface area contributed by atoms with Crippen molar-refractivity contribution in [2.75, 3.05) is 18.6 Å². The summed E-state index contributed by atoms with van der Waals surface area (Å²) in [6.45, 7) is 0.719. The second kappa shape index (κ2) is 6.01.